The van der Waals surface area contributed by atoms with Crippen LogP contribution >= 0.6 is 0 Å². The number of aliphatic hydroxyl groups is 1. The van der Waals surface area contributed by atoms with E-state index in [0.717, 1.165) is 50.8 Å². The molecule has 0 radical (unpaired) electrons. The number of methoxy groups -OCH3 is 1. The molecule has 1 amide bonds. The van der Waals surface area contributed by atoms with E-state index in [1.807, 2.05) is 11.0 Å². The van der Waals surface area contributed by atoms with Gasteiger partial charge in [-0.15, -0.1) is 0 Å². The zero-order chi connectivity index (χ0) is 19.8. The van der Waals surface area contributed by atoms with Gasteiger partial charge in [0.15, 0.2) is 11.5 Å². The molecule has 0 bridgehead atoms. The molecule has 1 aromatic rings. The average molecular weight is 386 g/mol. The number of hydrogen-bond donors (Lipinski definition) is 2. The Kier molecular flexibility index (Phi) is 3.82. The number of piperidine rings is 1. The molecule has 1 saturated carbocycles. The van der Waals surface area contributed by atoms with Gasteiger partial charge in [-0.25, -0.2) is 0 Å². The van der Waals surface area contributed by atoms with Crippen molar-refractivity contribution in [1.82, 2.24) is 4.90 Å². The van der Waals surface area contributed by atoms with E-state index in [4.69, 9.17) is 4.74 Å². The first-order valence-corrected chi connectivity index (χ1v) is 10.5. The first-order chi connectivity index (χ1) is 13.4. The van der Waals surface area contributed by atoms with Crippen molar-refractivity contribution in [1.29, 1.82) is 0 Å². The third-order valence-corrected chi connectivity index (χ3v) is 8.43. The number of carbonyl (C=O) groups excluding carboxylic acids is 1. The molecular formula is C22H30N2O4. The van der Waals surface area contributed by atoms with Crippen molar-refractivity contribution in [3.05, 3.63) is 17.7 Å². The molecule has 152 valence electrons. The van der Waals surface area contributed by atoms with Crippen LogP contribution in [0.4, 0.5) is 5.69 Å². The van der Waals surface area contributed by atoms with E-state index in [1.165, 1.54) is 7.11 Å². The molecule has 0 aromatic heterocycles. The Morgan fingerprint density at radius 1 is 1.29 bits per heavy atom. The van der Waals surface area contributed by atoms with Crippen LogP contribution in [0.2, 0.25) is 0 Å². The number of aliphatic hydroxyl groups excluding tert-OH is 1. The highest BCUT2D eigenvalue weighted by Gasteiger charge is 2.70. The van der Waals surface area contributed by atoms with Crippen LogP contribution in [0.3, 0.4) is 0 Å². The monoisotopic (exact) mass is 386 g/mol. The fourth-order valence-electron chi connectivity index (χ4n) is 7.42. The summed E-state index contributed by atoms with van der Waals surface area (Å²) < 4.78 is 5.35. The van der Waals surface area contributed by atoms with Crippen LogP contribution in [-0.4, -0.2) is 59.4 Å². The summed E-state index contributed by atoms with van der Waals surface area (Å²) in [6.45, 7) is 5.67. The molecule has 3 heterocycles. The summed E-state index contributed by atoms with van der Waals surface area (Å²) >= 11 is 0. The van der Waals surface area contributed by atoms with Crippen molar-refractivity contribution in [2.24, 2.45) is 5.41 Å². The van der Waals surface area contributed by atoms with Crippen molar-refractivity contribution in [3.8, 4) is 11.5 Å². The average Bonchev–Trinajstić information content (AvgIpc) is 3.22. The standard InChI is InChI=1S/C22H30N2O4/c1-4-21-9-7-16-22(10-12-23(20(21)22)11-8-17(21)26)14-5-6-15(28-3)19(27)18(14)24(16)13(2)25/h5-6,16-17,20,26-27H,4,7-12H2,1-3H3/t16-,17-,20-,21+,22-/m0/s1. The maximum absolute atomic E-state index is 12.8. The number of phenolic OH excluding ortho intramolecular Hbond substituents is 1. The third kappa shape index (κ3) is 1.88. The lowest BCUT2D eigenvalue weighted by molar-refractivity contribution is -0.125. The lowest BCUT2D eigenvalue weighted by atomic mass is 9.51. The van der Waals surface area contributed by atoms with Gasteiger partial charge in [0, 0.05) is 36.4 Å². The Morgan fingerprint density at radius 2 is 2.07 bits per heavy atom. The molecule has 1 aliphatic carbocycles. The minimum Gasteiger partial charge on any atom is -0.503 e. The van der Waals surface area contributed by atoms with Gasteiger partial charge in [0.1, 0.15) is 0 Å². The Bertz CT molecular complexity index is 842. The molecular weight excluding hydrogens is 356 g/mol. The number of amides is 1. The molecule has 1 spiro atoms. The topological polar surface area (TPSA) is 73.2 Å². The number of aromatic hydroxyl groups is 1. The Hall–Kier alpha value is -1.79. The predicted octanol–water partition coefficient (Wildman–Crippen LogP) is 2.40. The van der Waals surface area contributed by atoms with E-state index in [1.54, 1.807) is 6.92 Å². The first kappa shape index (κ1) is 18.3. The normalized spacial score (nSPS) is 38.7. The number of fused-ring (bicyclic) bond motifs is 1. The van der Waals surface area contributed by atoms with Gasteiger partial charge in [-0.3, -0.25) is 9.69 Å². The third-order valence-electron chi connectivity index (χ3n) is 8.43. The van der Waals surface area contributed by atoms with Crippen molar-refractivity contribution >= 4 is 11.6 Å². The van der Waals surface area contributed by atoms with E-state index >= 15 is 0 Å². The van der Waals surface area contributed by atoms with Crippen LogP contribution in [0.5, 0.6) is 11.5 Å². The number of rotatable bonds is 2. The van der Waals surface area contributed by atoms with Gasteiger partial charge in [0.2, 0.25) is 5.91 Å². The second kappa shape index (κ2) is 5.86. The smallest absolute Gasteiger partial charge is 0.224 e. The lowest BCUT2D eigenvalue weighted by Crippen LogP contribution is -2.68. The first-order valence-electron chi connectivity index (χ1n) is 10.5. The van der Waals surface area contributed by atoms with Gasteiger partial charge in [0.05, 0.1) is 18.9 Å². The number of hydrogen-bond acceptors (Lipinski definition) is 5. The lowest BCUT2D eigenvalue weighted by Gasteiger charge is -2.60. The number of phenols is 1. The van der Waals surface area contributed by atoms with Crippen LogP contribution in [0, 0.1) is 5.41 Å². The van der Waals surface area contributed by atoms with Crippen molar-refractivity contribution in [2.75, 3.05) is 25.1 Å². The summed E-state index contributed by atoms with van der Waals surface area (Å²) in [4.78, 5) is 17.2. The van der Waals surface area contributed by atoms with E-state index in [-0.39, 0.29) is 40.7 Å². The number of benzene rings is 1. The highest BCUT2D eigenvalue weighted by Crippen LogP contribution is 2.67. The Balaban J connectivity index is 1.78. The van der Waals surface area contributed by atoms with E-state index < -0.39 is 0 Å². The summed E-state index contributed by atoms with van der Waals surface area (Å²) in [5.41, 5.74) is 1.31. The number of anilines is 1. The summed E-state index contributed by atoms with van der Waals surface area (Å²) in [6, 6.07) is 4.11. The summed E-state index contributed by atoms with van der Waals surface area (Å²) in [7, 11) is 1.54. The molecule has 6 nitrogen and oxygen atoms in total. The predicted molar refractivity (Wildman–Crippen MR) is 106 cm³/mol. The summed E-state index contributed by atoms with van der Waals surface area (Å²) in [5, 5.41) is 22.1. The van der Waals surface area contributed by atoms with Gasteiger partial charge in [-0.2, -0.15) is 0 Å². The van der Waals surface area contributed by atoms with E-state index in [2.05, 4.69) is 17.9 Å². The van der Waals surface area contributed by atoms with Crippen molar-refractivity contribution in [2.45, 2.75) is 69.6 Å². The van der Waals surface area contributed by atoms with Crippen LogP contribution in [0.15, 0.2) is 12.1 Å². The minimum atomic E-state index is -0.309. The van der Waals surface area contributed by atoms with Gasteiger partial charge in [-0.1, -0.05) is 13.0 Å². The molecule has 28 heavy (non-hydrogen) atoms. The Labute approximate surface area is 166 Å². The summed E-state index contributed by atoms with van der Waals surface area (Å²) in [6.07, 6.45) is 4.17. The minimum absolute atomic E-state index is 0.0259. The van der Waals surface area contributed by atoms with E-state index in [0.29, 0.717) is 11.4 Å². The fourth-order valence-corrected chi connectivity index (χ4v) is 7.42. The van der Waals surface area contributed by atoms with Crippen LogP contribution in [0.1, 0.15) is 51.5 Å². The number of nitrogens with zero attached hydrogens (tertiary/aromatic N) is 2. The van der Waals surface area contributed by atoms with Crippen LogP contribution < -0.4 is 9.64 Å². The Morgan fingerprint density at radius 3 is 2.75 bits per heavy atom. The second-order valence-corrected chi connectivity index (χ2v) is 9.08. The molecule has 2 saturated heterocycles. The number of carbonyl (C=O) groups is 1. The molecule has 3 fully saturated rings. The number of ether oxygens (including phenoxy) is 1. The van der Waals surface area contributed by atoms with Crippen molar-refractivity contribution in [3.63, 3.8) is 0 Å². The maximum Gasteiger partial charge on any atom is 0.224 e. The SMILES string of the molecule is CC[C@@]12CC[C@@H]3N(C(C)=O)c4c(ccc(OC)c4O)[C@@]34CCN(CC[C@@H]1O)[C@@H]24. The second-order valence-electron chi connectivity index (χ2n) is 9.08. The van der Waals surface area contributed by atoms with Crippen LogP contribution in [0.25, 0.3) is 0 Å². The van der Waals surface area contributed by atoms with Crippen LogP contribution in [-0.2, 0) is 10.2 Å². The highest BCUT2D eigenvalue weighted by atomic mass is 16.5. The summed E-state index contributed by atoms with van der Waals surface area (Å²) in [5.74, 6) is 0.432. The molecule has 4 aliphatic rings. The highest BCUT2D eigenvalue weighted by molar-refractivity contribution is 5.98. The molecule has 1 aromatic carbocycles. The zero-order valence-electron chi connectivity index (χ0n) is 16.9. The molecule has 3 aliphatic heterocycles. The van der Waals surface area contributed by atoms with E-state index in [9.17, 15) is 15.0 Å². The maximum atomic E-state index is 12.8. The molecule has 6 heteroatoms. The molecule has 0 unspecified atom stereocenters. The molecule has 5 rings (SSSR count). The fraction of sp³-hybridized carbons (Fsp3) is 0.682. The van der Waals surface area contributed by atoms with Crippen molar-refractivity contribution < 1.29 is 19.7 Å². The van der Waals surface area contributed by atoms with Gasteiger partial charge < -0.3 is 19.8 Å². The molecule has 2 N–H and O–H groups in total. The van der Waals surface area contributed by atoms with Gasteiger partial charge >= 0.3 is 0 Å². The largest absolute Gasteiger partial charge is 0.503 e. The van der Waals surface area contributed by atoms with Gasteiger partial charge in [0.25, 0.3) is 0 Å². The quantitative estimate of drug-likeness (QED) is 0.817. The zero-order valence-corrected chi connectivity index (χ0v) is 16.9. The molecule has 5 atom stereocenters. The van der Waals surface area contributed by atoms with Gasteiger partial charge in [-0.05, 0) is 50.3 Å².